The fourth-order valence-corrected chi connectivity index (χ4v) is 2.57. The number of fused-ring (bicyclic) bond motifs is 1. The van der Waals surface area contributed by atoms with Gasteiger partial charge in [-0.05, 0) is 6.92 Å². The summed E-state index contributed by atoms with van der Waals surface area (Å²) < 4.78 is 11.4. The molecular formula is C13H14ClN3O2. The SMILES string of the molecule is Cc1c2c(cc(Cl)c1-c1cc(N)n[nH]1)OCCCO2. The summed E-state index contributed by atoms with van der Waals surface area (Å²) in [6, 6.07) is 3.53. The monoisotopic (exact) mass is 279 g/mol. The standard InChI is InChI=1S/C13H14ClN3O2/c1-7-12(9-6-11(15)17-16-9)8(14)5-10-13(7)19-4-2-3-18-10/h5-6H,2-4H2,1H3,(H3,15,16,17). The maximum atomic E-state index is 6.34. The van der Waals surface area contributed by atoms with Gasteiger partial charge in [0, 0.05) is 29.7 Å². The molecule has 0 saturated heterocycles. The molecule has 1 aromatic carbocycles. The van der Waals surface area contributed by atoms with E-state index >= 15 is 0 Å². The van der Waals surface area contributed by atoms with Crippen molar-refractivity contribution in [1.29, 1.82) is 0 Å². The van der Waals surface area contributed by atoms with E-state index in [2.05, 4.69) is 10.2 Å². The lowest BCUT2D eigenvalue weighted by molar-refractivity contribution is 0.296. The number of hydrogen-bond acceptors (Lipinski definition) is 4. The van der Waals surface area contributed by atoms with Crippen LogP contribution in [-0.2, 0) is 0 Å². The normalized spacial score (nSPS) is 14.2. The molecule has 0 atom stereocenters. The van der Waals surface area contributed by atoms with E-state index in [-0.39, 0.29) is 0 Å². The van der Waals surface area contributed by atoms with Gasteiger partial charge in [-0.15, -0.1) is 0 Å². The maximum Gasteiger partial charge on any atom is 0.164 e. The van der Waals surface area contributed by atoms with E-state index in [0.717, 1.165) is 29.0 Å². The number of ether oxygens (including phenoxy) is 2. The van der Waals surface area contributed by atoms with E-state index in [0.29, 0.717) is 29.8 Å². The van der Waals surface area contributed by atoms with Crippen molar-refractivity contribution in [1.82, 2.24) is 10.2 Å². The van der Waals surface area contributed by atoms with Crippen molar-refractivity contribution in [2.75, 3.05) is 18.9 Å². The minimum absolute atomic E-state index is 0.428. The van der Waals surface area contributed by atoms with Gasteiger partial charge in [-0.2, -0.15) is 5.10 Å². The second kappa shape index (κ2) is 4.66. The predicted molar refractivity (Wildman–Crippen MR) is 73.8 cm³/mol. The Kier molecular flexibility index (Phi) is 2.98. The molecule has 0 fully saturated rings. The molecule has 2 aromatic rings. The van der Waals surface area contributed by atoms with Crippen LogP contribution in [0.3, 0.4) is 0 Å². The molecule has 0 unspecified atom stereocenters. The number of nitrogen functional groups attached to an aromatic ring is 1. The van der Waals surface area contributed by atoms with Crippen LogP contribution in [-0.4, -0.2) is 23.4 Å². The number of aromatic nitrogens is 2. The average molecular weight is 280 g/mol. The number of nitrogens with zero attached hydrogens (tertiary/aromatic N) is 1. The number of aromatic amines is 1. The number of benzene rings is 1. The number of nitrogens with two attached hydrogens (primary N) is 1. The van der Waals surface area contributed by atoms with E-state index < -0.39 is 0 Å². The minimum atomic E-state index is 0.428. The van der Waals surface area contributed by atoms with Crippen LogP contribution < -0.4 is 15.2 Å². The number of anilines is 1. The highest BCUT2D eigenvalue weighted by Gasteiger charge is 2.20. The predicted octanol–water partition coefficient (Wildman–Crippen LogP) is 2.78. The fourth-order valence-electron chi connectivity index (χ4n) is 2.23. The average Bonchev–Trinajstić information content (AvgIpc) is 2.64. The minimum Gasteiger partial charge on any atom is -0.489 e. The van der Waals surface area contributed by atoms with Gasteiger partial charge >= 0.3 is 0 Å². The second-order valence-electron chi connectivity index (χ2n) is 4.44. The second-order valence-corrected chi connectivity index (χ2v) is 4.85. The lowest BCUT2D eigenvalue weighted by Crippen LogP contribution is -1.98. The van der Waals surface area contributed by atoms with Crippen LogP contribution in [0, 0.1) is 6.92 Å². The Morgan fingerprint density at radius 1 is 1.32 bits per heavy atom. The van der Waals surface area contributed by atoms with Crippen molar-refractivity contribution in [3.8, 4) is 22.8 Å². The molecule has 3 N–H and O–H groups in total. The van der Waals surface area contributed by atoms with Crippen molar-refractivity contribution in [2.45, 2.75) is 13.3 Å². The quantitative estimate of drug-likeness (QED) is 0.842. The molecule has 3 rings (SSSR count). The van der Waals surface area contributed by atoms with Crippen molar-refractivity contribution >= 4 is 17.4 Å². The maximum absolute atomic E-state index is 6.34. The van der Waals surface area contributed by atoms with Gasteiger partial charge in [-0.1, -0.05) is 11.6 Å². The summed E-state index contributed by atoms with van der Waals surface area (Å²) in [5.41, 5.74) is 8.18. The van der Waals surface area contributed by atoms with Crippen LogP contribution in [0.2, 0.25) is 5.02 Å². The van der Waals surface area contributed by atoms with Gasteiger partial charge < -0.3 is 15.2 Å². The van der Waals surface area contributed by atoms with Crippen molar-refractivity contribution in [3.05, 3.63) is 22.7 Å². The Bertz CT molecular complexity index is 625. The first-order valence-electron chi connectivity index (χ1n) is 6.07. The first-order chi connectivity index (χ1) is 9.16. The van der Waals surface area contributed by atoms with Gasteiger partial charge in [0.05, 0.1) is 23.9 Å². The molecule has 100 valence electrons. The van der Waals surface area contributed by atoms with Crippen molar-refractivity contribution in [2.24, 2.45) is 0 Å². The molecular weight excluding hydrogens is 266 g/mol. The van der Waals surface area contributed by atoms with Crippen molar-refractivity contribution in [3.63, 3.8) is 0 Å². The molecule has 19 heavy (non-hydrogen) atoms. The Morgan fingerprint density at radius 2 is 2.11 bits per heavy atom. The highest BCUT2D eigenvalue weighted by Crippen LogP contribution is 2.43. The zero-order valence-electron chi connectivity index (χ0n) is 10.5. The molecule has 0 aliphatic carbocycles. The highest BCUT2D eigenvalue weighted by atomic mass is 35.5. The smallest absolute Gasteiger partial charge is 0.164 e. The summed E-state index contributed by atoms with van der Waals surface area (Å²) in [5, 5.41) is 7.39. The molecule has 1 aliphatic heterocycles. The number of nitrogens with one attached hydrogen (secondary N) is 1. The lowest BCUT2D eigenvalue weighted by Gasteiger charge is -2.15. The third-order valence-electron chi connectivity index (χ3n) is 3.10. The van der Waals surface area contributed by atoms with Crippen molar-refractivity contribution < 1.29 is 9.47 Å². The summed E-state index contributed by atoms with van der Waals surface area (Å²) in [6.45, 7) is 3.23. The third-order valence-corrected chi connectivity index (χ3v) is 3.39. The van der Waals surface area contributed by atoms with E-state index in [9.17, 15) is 0 Å². The molecule has 1 aliphatic rings. The Hall–Kier alpha value is -1.88. The molecule has 0 saturated carbocycles. The number of halogens is 1. The highest BCUT2D eigenvalue weighted by molar-refractivity contribution is 6.33. The van der Waals surface area contributed by atoms with Crippen LogP contribution in [0.5, 0.6) is 11.5 Å². The Balaban J connectivity index is 2.18. The first kappa shape index (κ1) is 12.2. The van der Waals surface area contributed by atoms with Gasteiger partial charge in [-0.3, -0.25) is 5.10 Å². The van der Waals surface area contributed by atoms with E-state index in [4.69, 9.17) is 26.8 Å². The van der Waals surface area contributed by atoms with Gasteiger partial charge in [0.15, 0.2) is 11.5 Å². The number of H-pyrrole nitrogens is 1. The van der Waals surface area contributed by atoms with Gasteiger partial charge in [0.25, 0.3) is 0 Å². The molecule has 0 amide bonds. The number of hydrogen-bond donors (Lipinski definition) is 2. The van der Waals surface area contributed by atoms with E-state index in [1.165, 1.54) is 0 Å². The topological polar surface area (TPSA) is 73.2 Å². The van der Waals surface area contributed by atoms with Crippen LogP contribution in [0.25, 0.3) is 11.3 Å². The van der Waals surface area contributed by atoms with Crippen LogP contribution in [0.15, 0.2) is 12.1 Å². The molecule has 6 heteroatoms. The molecule has 5 nitrogen and oxygen atoms in total. The Morgan fingerprint density at radius 3 is 2.84 bits per heavy atom. The summed E-state index contributed by atoms with van der Waals surface area (Å²) >= 11 is 6.34. The van der Waals surface area contributed by atoms with Crippen LogP contribution in [0.4, 0.5) is 5.82 Å². The number of rotatable bonds is 1. The molecule has 0 radical (unpaired) electrons. The fraction of sp³-hybridized carbons (Fsp3) is 0.308. The van der Waals surface area contributed by atoms with Crippen LogP contribution in [0.1, 0.15) is 12.0 Å². The zero-order chi connectivity index (χ0) is 13.4. The van der Waals surface area contributed by atoms with Gasteiger partial charge in [-0.25, -0.2) is 0 Å². The largest absolute Gasteiger partial charge is 0.489 e. The van der Waals surface area contributed by atoms with Gasteiger partial charge in [0.1, 0.15) is 5.82 Å². The third kappa shape index (κ3) is 2.10. The van der Waals surface area contributed by atoms with E-state index in [1.54, 1.807) is 12.1 Å². The molecule has 1 aromatic heterocycles. The summed E-state index contributed by atoms with van der Waals surface area (Å²) in [7, 11) is 0. The van der Waals surface area contributed by atoms with Crippen LogP contribution >= 0.6 is 11.6 Å². The summed E-state index contributed by atoms with van der Waals surface area (Å²) in [6.07, 6.45) is 0.859. The molecule has 2 heterocycles. The lowest BCUT2D eigenvalue weighted by atomic mass is 10.0. The molecule has 0 bridgehead atoms. The van der Waals surface area contributed by atoms with E-state index in [1.807, 2.05) is 6.92 Å². The molecule has 0 spiro atoms. The summed E-state index contributed by atoms with van der Waals surface area (Å²) in [5.74, 6) is 1.86. The zero-order valence-corrected chi connectivity index (χ0v) is 11.3. The summed E-state index contributed by atoms with van der Waals surface area (Å²) in [4.78, 5) is 0. The Labute approximate surface area is 115 Å². The first-order valence-corrected chi connectivity index (χ1v) is 6.44. The van der Waals surface area contributed by atoms with Gasteiger partial charge in [0.2, 0.25) is 0 Å².